The number of halogens is 2. The molecule has 21 heavy (non-hydrogen) atoms. The molecule has 1 aromatic heterocycles. The highest BCUT2D eigenvalue weighted by atomic mass is 35.5. The van der Waals surface area contributed by atoms with Gasteiger partial charge in [0.2, 0.25) is 0 Å². The first-order chi connectivity index (χ1) is 10.1. The van der Waals surface area contributed by atoms with Crippen LogP contribution in [0.2, 0.25) is 10.0 Å². The van der Waals surface area contributed by atoms with Crippen LogP contribution in [0.5, 0.6) is 0 Å². The Morgan fingerprint density at radius 3 is 2.71 bits per heavy atom. The molecule has 0 atom stereocenters. The molecule has 0 radical (unpaired) electrons. The van der Waals surface area contributed by atoms with E-state index in [0.29, 0.717) is 21.6 Å². The fraction of sp³-hybridized carbons (Fsp3) is 0.0714. The summed E-state index contributed by atoms with van der Waals surface area (Å²) in [6.45, 7) is 1.91. The van der Waals surface area contributed by atoms with Crippen molar-refractivity contribution in [3.63, 3.8) is 0 Å². The zero-order valence-electron chi connectivity index (χ0n) is 11.1. The smallest absolute Gasteiger partial charge is 0.187 e. The molecule has 0 unspecified atom stereocenters. The van der Waals surface area contributed by atoms with E-state index in [4.69, 9.17) is 28.9 Å². The summed E-state index contributed by atoms with van der Waals surface area (Å²) in [7, 11) is 0. The fourth-order valence-electron chi connectivity index (χ4n) is 2.10. The summed E-state index contributed by atoms with van der Waals surface area (Å²) in [6, 6.07) is 10.8. The van der Waals surface area contributed by atoms with Crippen LogP contribution in [0.3, 0.4) is 0 Å². The lowest BCUT2D eigenvalue weighted by atomic mass is 10.1. The Hall–Kier alpha value is -2.11. The number of hydrogen-bond acceptors (Lipinski definition) is 4. The normalized spacial score (nSPS) is 10.8. The number of benzene rings is 2. The van der Waals surface area contributed by atoms with Crippen molar-refractivity contribution in [2.45, 2.75) is 6.92 Å². The molecule has 2 N–H and O–H groups in total. The molecular weight excluding hydrogens is 309 g/mol. The molecule has 0 aliphatic rings. The lowest BCUT2D eigenvalue weighted by molar-refractivity contribution is 0.787. The van der Waals surface area contributed by atoms with Crippen molar-refractivity contribution < 1.29 is 0 Å². The maximum Gasteiger partial charge on any atom is 0.187 e. The van der Waals surface area contributed by atoms with Crippen LogP contribution < -0.4 is 5.73 Å². The molecule has 5 nitrogen and oxygen atoms in total. The number of aromatic nitrogens is 4. The standard InChI is InChI=1S/C14H11Cl2N5/c1-8-12(16)3-2-4-13(8)21-14(18-19-20-21)9-5-10(15)7-11(17)6-9/h2-7H,17H2,1H3. The van der Waals surface area contributed by atoms with Gasteiger partial charge >= 0.3 is 0 Å². The van der Waals surface area contributed by atoms with E-state index in [1.807, 2.05) is 25.1 Å². The Morgan fingerprint density at radius 1 is 1.14 bits per heavy atom. The summed E-state index contributed by atoms with van der Waals surface area (Å²) in [4.78, 5) is 0. The monoisotopic (exact) mass is 319 g/mol. The maximum atomic E-state index is 6.16. The lowest BCUT2D eigenvalue weighted by Crippen LogP contribution is -2.02. The predicted octanol–water partition coefficient (Wildman–Crippen LogP) is 3.53. The number of hydrogen-bond donors (Lipinski definition) is 1. The van der Waals surface area contributed by atoms with Gasteiger partial charge in [0, 0.05) is 21.3 Å². The number of nitrogens with two attached hydrogens (primary N) is 1. The van der Waals surface area contributed by atoms with Crippen molar-refractivity contribution in [1.82, 2.24) is 20.2 Å². The van der Waals surface area contributed by atoms with E-state index < -0.39 is 0 Å². The highest BCUT2D eigenvalue weighted by Crippen LogP contribution is 2.28. The van der Waals surface area contributed by atoms with Gasteiger partial charge in [0.15, 0.2) is 5.82 Å². The van der Waals surface area contributed by atoms with E-state index in [2.05, 4.69) is 15.5 Å². The highest BCUT2D eigenvalue weighted by Gasteiger charge is 2.14. The molecule has 0 bridgehead atoms. The van der Waals surface area contributed by atoms with Crippen LogP contribution in [-0.4, -0.2) is 20.2 Å². The molecule has 0 aliphatic heterocycles. The molecule has 1 heterocycles. The average Bonchev–Trinajstić information content (AvgIpc) is 2.90. The Labute approximate surface area is 131 Å². The number of tetrazole rings is 1. The van der Waals surface area contributed by atoms with Crippen LogP contribution >= 0.6 is 23.2 Å². The van der Waals surface area contributed by atoms with E-state index in [0.717, 1.165) is 16.8 Å². The number of rotatable bonds is 2. The summed E-state index contributed by atoms with van der Waals surface area (Å²) in [5.74, 6) is 0.551. The van der Waals surface area contributed by atoms with Gasteiger partial charge in [-0.15, -0.1) is 5.10 Å². The molecular formula is C14H11Cl2N5. The predicted molar refractivity (Wildman–Crippen MR) is 83.8 cm³/mol. The molecule has 0 amide bonds. The van der Waals surface area contributed by atoms with Crippen molar-refractivity contribution in [2.24, 2.45) is 0 Å². The van der Waals surface area contributed by atoms with Crippen molar-refractivity contribution in [1.29, 1.82) is 0 Å². The Morgan fingerprint density at radius 2 is 1.95 bits per heavy atom. The molecule has 2 aromatic carbocycles. The van der Waals surface area contributed by atoms with Gasteiger partial charge in [0.05, 0.1) is 5.69 Å². The molecule has 106 valence electrons. The summed E-state index contributed by atoms with van der Waals surface area (Å²) < 4.78 is 1.62. The van der Waals surface area contributed by atoms with Crippen molar-refractivity contribution in [3.8, 4) is 17.1 Å². The number of nitrogen functional groups attached to an aromatic ring is 1. The van der Waals surface area contributed by atoms with Crippen molar-refractivity contribution in [3.05, 3.63) is 52.0 Å². The summed E-state index contributed by atoms with van der Waals surface area (Å²) >= 11 is 12.2. The Kier molecular flexibility index (Phi) is 3.53. The minimum absolute atomic E-state index is 0.530. The van der Waals surface area contributed by atoms with Crippen LogP contribution in [-0.2, 0) is 0 Å². The van der Waals surface area contributed by atoms with Crippen LogP contribution in [0, 0.1) is 6.92 Å². The minimum Gasteiger partial charge on any atom is -0.399 e. The second kappa shape index (κ2) is 5.35. The van der Waals surface area contributed by atoms with Crippen molar-refractivity contribution >= 4 is 28.9 Å². The molecule has 3 rings (SSSR count). The minimum atomic E-state index is 0.530. The zero-order valence-corrected chi connectivity index (χ0v) is 12.6. The molecule has 0 saturated carbocycles. The molecule has 7 heteroatoms. The molecule has 0 saturated heterocycles. The third-order valence-electron chi connectivity index (χ3n) is 3.12. The van der Waals surface area contributed by atoms with E-state index in [1.54, 1.807) is 22.9 Å². The molecule has 0 fully saturated rings. The van der Waals surface area contributed by atoms with Gasteiger partial charge in [-0.25, -0.2) is 0 Å². The lowest BCUT2D eigenvalue weighted by Gasteiger charge is -2.09. The quantitative estimate of drug-likeness (QED) is 0.733. The number of nitrogens with zero attached hydrogens (tertiary/aromatic N) is 4. The summed E-state index contributed by atoms with van der Waals surface area (Å²) in [5.41, 5.74) is 8.81. The van der Waals surface area contributed by atoms with Gasteiger partial charge in [-0.2, -0.15) is 4.68 Å². The van der Waals surface area contributed by atoms with Crippen LogP contribution in [0.1, 0.15) is 5.56 Å². The van der Waals surface area contributed by atoms with Crippen LogP contribution in [0.4, 0.5) is 5.69 Å². The second-order valence-electron chi connectivity index (χ2n) is 4.57. The average molecular weight is 320 g/mol. The maximum absolute atomic E-state index is 6.16. The number of anilines is 1. The van der Waals surface area contributed by atoms with E-state index in [-0.39, 0.29) is 0 Å². The van der Waals surface area contributed by atoms with Crippen LogP contribution in [0.15, 0.2) is 36.4 Å². The van der Waals surface area contributed by atoms with Crippen molar-refractivity contribution in [2.75, 3.05) is 5.73 Å². The topological polar surface area (TPSA) is 69.6 Å². The van der Waals surface area contributed by atoms with E-state index in [1.165, 1.54) is 0 Å². The molecule has 3 aromatic rings. The van der Waals surface area contributed by atoms with Gasteiger partial charge in [-0.1, -0.05) is 29.3 Å². The molecule has 0 aliphatic carbocycles. The summed E-state index contributed by atoms with van der Waals surface area (Å²) in [5, 5.41) is 13.0. The highest BCUT2D eigenvalue weighted by molar-refractivity contribution is 6.31. The largest absolute Gasteiger partial charge is 0.399 e. The van der Waals surface area contributed by atoms with Crippen LogP contribution in [0.25, 0.3) is 17.1 Å². The first-order valence-corrected chi connectivity index (χ1v) is 6.92. The van der Waals surface area contributed by atoms with E-state index in [9.17, 15) is 0 Å². The van der Waals surface area contributed by atoms with E-state index >= 15 is 0 Å². The molecule has 0 spiro atoms. The first kappa shape index (κ1) is 13.9. The second-order valence-corrected chi connectivity index (χ2v) is 5.42. The Balaban J connectivity index is 2.19. The third-order valence-corrected chi connectivity index (χ3v) is 3.74. The van der Waals surface area contributed by atoms with Gasteiger partial charge in [-0.05, 0) is 53.2 Å². The third kappa shape index (κ3) is 2.57. The van der Waals surface area contributed by atoms with Gasteiger partial charge in [0.25, 0.3) is 0 Å². The van der Waals surface area contributed by atoms with Gasteiger partial charge < -0.3 is 5.73 Å². The SMILES string of the molecule is Cc1c(Cl)cccc1-n1nnnc1-c1cc(N)cc(Cl)c1. The first-order valence-electron chi connectivity index (χ1n) is 6.16. The van der Waals surface area contributed by atoms with Gasteiger partial charge in [-0.3, -0.25) is 0 Å². The fourth-order valence-corrected chi connectivity index (χ4v) is 2.51. The summed E-state index contributed by atoms with van der Waals surface area (Å²) in [6.07, 6.45) is 0. The Bertz CT molecular complexity index is 793. The zero-order chi connectivity index (χ0) is 15.0. The van der Waals surface area contributed by atoms with Gasteiger partial charge in [0.1, 0.15) is 0 Å².